The van der Waals surface area contributed by atoms with Gasteiger partial charge in [0.15, 0.2) is 0 Å². The van der Waals surface area contributed by atoms with Crippen LogP contribution in [0.15, 0.2) is 18.2 Å². The molecule has 0 amide bonds. The SMILES string of the molecule is COCCNCc1c(Cl)cccc1N1CCC(C)C(C)C1. The summed E-state index contributed by atoms with van der Waals surface area (Å²) in [5.41, 5.74) is 2.49. The predicted molar refractivity (Wildman–Crippen MR) is 90.2 cm³/mol. The molecule has 1 N–H and O–H groups in total. The number of hydrogen-bond donors (Lipinski definition) is 1. The maximum absolute atomic E-state index is 6.43. The van der Waals surface area contributed by atoms with Crippen LogP contribution in [-0.2, 0) is 11.3 Å². The number of ether oxygens (including phenoxy) is 1. The molecule has 1 aliphatic heterocycles. The van der Waals surface area contributed by atoms with Gasteiger partial charge >= 0.3 is 0 Å². The van der Waals surface area contributed by atoms with Crippen molar-refractivity contribution in [1.82, 2.24) is 5.32 Å². The Morgan fingerprint density at radius 2 is 2.14 bits per heavy atom. The molecule has 4 heteroatoms. The van der Waals surface area contributed by atoms with E-state index in [0.29, 0.717) is 0 Å². The van der Waals surface area contributed by atoms with Crippen LogP contribution >= 0.6 is 11.6 Å². The zero-order valence-electron chi connectivity index (χ0n) is 13.4. The summed E-state index contributed by atoms with van der Waals surface area (Å²) in [6, 6.07) is 6.23. The highest BCUT2D eigenvalue weighted by Gasteiger charge is 2.24. The highest BCUT2D eigenvalue weighted by molar-refractivity contribution is 6.31. The van der Waals surface area contributed by atoms with Gasteiger partial charge in [-0.05, 0) is 30.4 Å². The van der Waals surface area contributed by atoms with Gasteiger partial charge in [-0.15, -0.1) is 0 Å². The highest BCUT2D eigenvalue weighted by Crippen LogP contribution is 2.32. The van der Waals surface area contributed by atoms with Crippen molar-refractivity contribution >= 4 is 17.3 Å². The third-order valence-corrected chi connectivity index (χ3v) is 4.91. The van der Waals surface area contributed by atoms with Gasteiger partial charge in [0.05, 0.1) is 6.61 Å². The molecule has 0 bridgehead atoms. The van der Waals surface area contributed by atoms with Crippen LogP contribution in [-0.4, -0.2) is 33.4 Å². The van der Waals surface area contributed by atoms with Crippen LogP contribution in [0.25, 0.3) is 0 Å². The number of nitrogens with one attached hydrogen (secondary N) is 1. The van der Waals surface area contributed by atoms with Crippen molar-refractivity contribution in [3.05, 3.63) is 28.8 Å². The monoisotopic (exact) mass is 310 g/mol. The molecule has 0 saturated carbocycles. The average molecular weight is 311 g/mol. The van der Waals surface area contributed by atoms with E-state index in [1.807, 2.05) is 6.07 Å². The van der Waals surface area contributed by atoms with Crippen molar-refractivity contribution in [2.24, 2.45) is 11.8 Å². The standard InChI is InChI=1S/C17H27ClN2O/c1-13-7-9-20(12-14(13)2)17-6-4-5-16(18)15(17)11-19-8-10-21-3/h4-6,13-14,19H,7-12H2,1-3H3. The molecule has 3 nitrogen and oxygen atoms in total. The molecule has 1 aliphatic rings. The van der Waals surface area contributed by atoms with Gasteiger partial charge < -0.3 is 15.0 Å². The first-order valence-electron chi connectivity index (χ1n) is 7.85. The molecule has 118 valence electrons. The fourth-order valence-electron chi connectivity index (χ4n) is 2.89. The van der Waals surface area contributed by atoms with Crippen molar-refractivity contribution in [2.75, 3.05) is 38.3 Å². The van der Waals surface area contributed by atoms with Gasteiger partial charge in [0.2, 0.25) is 0 Å². The normalized spacial score (nSPS) is 22.6. The van der Waals surface area contributed by atoms with Crippen molar-refractivity contribution in [2.45, 2.75) is 26.8 Å². The minimum absolute atomic E-state index is 0.720. The average Bonchev–Trinajstić information content (AvgIpc) is 2.48. The van der Waals surface area contributed by atoms with Gasteiger partial charge in [0, 0.05) is 49.6 Å². The van der Waals surface area contributed by atoms with E-state index in [-0.39, 0.29) is 0 Å². The Hall–Kier alpha value is -0.770. The number of benzene rings is 1. The molecule has 0 spiro atoms. The van der Waals surface area contributed by atoms with E-state index in [0.717, 1.165) is 49.6 Å². The minimum Gasteiger partial charge on any atom is -0.383 e. The largest absolute Gasteiger partial charge is 0.383 e. The first-order chi connectivity index (χ1) is 10.1. The van der Waals surface area contributed by atoms with E-state index in [1.165, 1.54) is 17.7 Å². The Balaban J connectivity index is 2.09. The van der Waals surface area contributed by atoms with Crippen molar-refractivity contribution in [3.8, 4) is 0 Å². The third-order valence-electron chi connectivity index (χ3n) is 4.55. The Morgan fingerprint density at radius 3 is 2.86 bits per heavy atom. The Morgan fingerprint density at radius 1 is 1.33 bits per heavy atom. The Bertz CT molecular complexity index is 452. The van der Waals surface area contributed by atoms with Gasteiger partial charge in [-0.1, -0.05) is 31.5 Å². The number of rotatable bonds is 6. The van der Waals surface area contributed by atoms with Crippen LogP contribution in [0.1, 0.15) is 25.8 Å². The lowest BCUT2D eigenvalue weighted by atomic mass is 9.88. The lowest BCUT2D eigenvalue weighted by molar-refractivity contribution is 0.199. The summed E-state index contributed by atoms with van der Waals surface area (Å²) in [6.07, 6.45) is 1.25. The molecule has 0 radical (unpaired) electrons. The fraction of sp³-hybridized carbons (Fsp3) is 0.647. The summed E-state index contributed by atoms with van der Waals surface area (Å²) in [5, 5.41) is 4.26. The first kappa shape index (κ1) is 16.6. The lowest BCUT2D eigenvalue weighted by Gasteiger charge is -2.38. The Kier molecular flexibility index (Phi) is 6.34. The topological polar surface area (TPSA) is 24.5 Å². The zero-order valence-corrected chi connectivity index (χ0v) is 14.1. The van der Waals surface area contributed by atoms with Crippen molar-refractivity contribution < 1.29 is 4.74 Å². The summed E-state index contributed by atoms with van der Waals surface area (Å²) in [6.45, 7) is 9.29. The van der Waals surface area contributed by atoms with Crippen LogP contribution in [0.3, 0.4) is 0 Å². The van der Waals surface area contributed by atoms with Crippen molar-refractivity contribution in [3.63, 3.8) is 0 Å². The Labute approximate surface area is 133 Å². The molecule has 2 rings (SSSR count). The molecular formula is C17H27ClN2O. The second-order valence-electron chi connectivity index (χ2n) is 6.10. The number of halogens is 1. The van der Waals surface area contributed by atoms with Crippen molar-refractivity contribution in [1.29, 1.82) is 0 Å². The number of piperidine rings is 1. The molecule has 1 heterocycles. The molecule has 21 heavy (non-hydrogen) atoms. The van der Waals surface area contributed by atoms with E-state index in [9.17, 15) is 0 Å². The van der Waals surface area contributed by atoms with Crippen LogP contribution < -0.4 is 10.2 Å². The van der Waals surface area contributed by atoms with Crippen LogP contribution in [0.4, 0.5) is 5.69 Å². The van der Waals surface area contributed by atoms with E-state index in [2.05, 4.69) is 36.2 Å². The summed E-state index contributed by atoms with van der Waals surface area (Å²) >= 11 is 6.43. The lowest BCUT2D eigenvalue weighted by Crippen LogP contribution is -2.39. The molecule has 0 aliphatic carbocycles. The number of nitrogens with zero attached hydrogens (tertiary/aromatic N) is 1. The van der Waals surface area contributed by atoms with Gasteiger partial charge in [0.25, 0.3) is 0 Å². The predicted octanol–water partition coefficient (Wildman–Crippen LogP) is 3.56. The second-order valence-corrected chi connectivity index (χ2v) is 6.50. The van der Waals surface area contributed by atoms with E-state index >= 15 is 0 Å². The molecule has 1 aromatic rings. The molecule has 1 fully saturated rings. The summed E-state index contributed by atoms with van der Waals surface area (Å²) in [4.78, 5) is 2.49. The summed E-state index contributed by atoms with van der Waals surface area (Å²) in [5.74, 6) is 1.54. The van der Waals surface area contributed by atoms with Gasteiger partial charge in [0.1, 0.15) is 0 Å². The maximum Gasteiger partial charge on any atom is 0.0587 e. The first-order valence-corrected chi connectivity index (χ1v) is 8.23. The van der Waals surface area contributed by atoms with Gasteiger partial charge in [-0.3, -0.25) is 0 Å². The van der Waals surface area contributed by atoms with Gasteiger partial charge in [-0.2, -0.15) is 0 Å². The molecule has 0 aromatic heterocycles. The zero-order chi connectivity index (χ0) is 15.2. The van der Waals surface area contributed by atoms with Crippen LogP contribution in [0.2, 0.25) is 5.02 Å². The quantitative estimate of drug-likeness (QED) is 0.813. The second kappa shape index (κ2) is 8.02. The molecule has 1 aromatic carbocycles. The molecule has 2 atom stereocenters. The molecular weight excluding hydrogens is 284 g/mol. The fourth-order valence-corrected chi connectivity index (χ4v) is 3.12. The summed E-state index contributed by atoms with van der Waals surface area (Å²) in [7, 11) is 1.72. The molecule has 2 unspecified atom stereocenters. The van der Waals surface area contributed by atoms with E-state index in [1.54, 1.807) is 7.11 Å². The van der Waals surface area contributed by atoms with Crippen LogP contribution in [0, 0.1) is 11.8 Å². The maximum atomic E-state index is 6.43. The van der Waals surface area contributed by atoms with E-state index < -0.39 is 0 Å². The third kappa shape index (κ3) is 4.35. The number of hydrogen-bond acceptors (Lipinski definition) is 3. The number of methoxy groups -OCH3 is 1. The van der Waals surface area contributed by atoms with E-state index in [4.69, 9.17) is 16.3 Å². The smallest absolute Gasteiger partial charge is 0.0587 e. The summed E-state index contributed by atoms with van der Waals surface area (Å²) < 4.78 is 5.08. The highest BCUT2D eigenvalue weighted by atomic mass is 35.5. The molecule has 1 saturated heterocycles. The minimum atomic E-state index is 0.720. The number of anilines is 1. The van der Waals surface area contributed by atoms with Gasteiger partial charge in [-0.25, -0.2) is 0 Å². The van der Waals surface area contributed by atoms with Crippen LogP contribution in [0.5, 0.6) is 0 Å².